The van der Waals surface area contributed by atoms with Gasteiger partial charge in [-0.1, -0.05) is 12.1 Å². The fourth-order valence-corrected chi connectivity index (χ4v) is 3.94. The third-order valence-electron chi connectivity index (χ3n) is 5.17. The van der Waals surface area contributed by atoms with Crippen LogP contribution >= 0.6 is 0 Å². The van der Waals surface area contributed by atoms with E-state index in [9.17, 15) is 0 Å². The van der Waals surface area contributed by atoms with Gasteiger partial charge in [-0.2, -0.15) is 4.98 Å². The molecule has 1 aliphatic heterocycles. The Morgan fingerprint density at radius 1 is 1.13 bits per heavy atom. The maximum atomic E-state index is 5.92. The highest BCUT2D eigenvalue weighted by atomic mass is 16.4. The van der Waals surface area contributed by atoms with Crippen LogP contribution < -0.4 is 4.90 Å². The van der Waals surface area contributed by atoms with Crippen molar-refractivity contribution in [1.29, 1.82) is 0 Å². The van der Waals surface area contributed by atoms with Crippen molar-refractivity contribution < 1.29 is 4.42 Å². The molecule has 0 amide bonds. The molecular formula is C18H20N4O. The molecule has 1 aromatic carbocycles. The van der Waals surface area contributed by atoms with Gasteiger partial charge in [-0.05, 0) is 44.2 Å². The summed E-state index contributed by atoms with van der Waals surface area (Å²) >= 11 is 0. The van der Waals surface area contributed by atoms with Gasteiger partial charge in [-0.25, -0.2) is 4.98 Å². The van der Waals surface area contributed by atoms with Gasteiger partial charge in [0.25, 0.3) is 6.01 Å². The molecule has 0 bridgehead atoms. The number of benzene rings is 1. The molecule has 0 unspecified atom stereocenters. The van der Waals surface area contributed by atoms with E-state index in [4.69, 9.17) is 4.42 Å². The summed E-state index contributed by atoms with van der Waals surface area (Å²) in [6, 6.07) is 9.21. The zero-order valence-electron chi connectivity index (χ0n) is 13.1. The Hall–Kier alpha value is -2.30. The molecule has 2 aromatic heterocycles. The second-order valence-corrected chi connectivity index (χ2v) is 6.61. The van der Waals surface area contributed by atoms with Crippen molar-refractivity contribution in [2.24, 2.45) is 0 Å². The lowest BCUT2D eigenvalue weighted by Gasteiger charge is -2.19. The first-order valence-electron chi connectivity index (χ1n) is 8.53. The third kappa shape index (κ3) is 2.14. The van der Waals surface area contributed by atoms with Gasteiger partial charge < -0.3 is 13.9 Å². The highest BCUT2D eigenvalue weighted by molar-refractivity contribution is 5.74. The van der Waals surface area contributed by atoms with E-state index in [2.05, 4.69) is 25.8 Å². The molecular weight excluding hydrogens is 288 g/mol. The van der Waals surface area contributed by atoms with Crippen LogP contribution in [0.5, 0.6) is 0 Å². The fraction of sp³-hybridized carbons (Fsp3) is 0.444. The SMILES string of the molecule is c1ccc2oc(N3CC[C@@H](n4cnc5c4CCCC5)C3)nc2c1. The summed E-state index contributed by atoms with van der Waals surface area (Å²) < 4.78 is 8.33. The fourth-order valence-electron chi connectivity index (χ4n) is 3.94. The van der Waals surface area contributed by atoms with Crippen molar-refractivity contribution in [1.82, 2.24) is 14.5 Å². The average molecular weight is 308 g/mol. The summed E-state index contributed by atoms with van der Waals surface area (Å²) in [5.74, 6) is 0. The first kappa shape index (κ1) is 13.2. The van der Waals surface area contributed by atoms with Crippen LogP contribution in [0.1, 0.15) is 36.7 Å². The van der Waals surface area contributed by atoms with E-state index in [-0.39, 0.29) is 0 Å². The molecule has 0 N–H and O–H groups in total. The van der Waals surface area contributed by atoms with Crippen molar-refractivity contribution in [3.63, 3.8) is 0 Å². The van der Waals surface area contributed by atoms with E-state index in [1.807, 2.05) is 24.3 Å². The van der Waals surface area contributed by atoms with E-state index in [0.717, 1.165) is 43.0 Å². The maximum absolute atomic E-state index is 5.92. The van der Waals surface area contributed by atoms with Crippen LogP contribution in [-0.2, 0) is 12.8 Å². The number of hydrogen-bond acceptors (Lipinski definition) is 4. The van der Waals surface area contributed by atoms with Gasteiger partial charge in [0, 0.05) is 18.8 Å². The summed E-state index contributed by atoms with van der Waals surface area (Å²) in [6.45, 7) is 1.94. The quantitative estimate of drug-likeness (QED) is 0.728. The first-order chi connectivity index (χ1) is 11.4. The van der Waals surface area contributed by atoms with Gasteiger partial charge in [0.2, 0.25) is 0 Å². The van der Waals surface area contributed by atoms with Gasteiger partial charge in [0.05, 0.1) is 18.1 Å². The van der Waals surface area contributed by atoms with Crippen LogP contribution in [-0.4, -0.2) is 27.6 Å². The van der Waals surface area contributed by atoms with Gasteiger partial charge in [0.1, 0.15) is 5.52 Å². The van der Waals surface area contributed by atoms with Gasteiger partial charge in [-0.3, -0.25) is 0 Å². The number of nitrogens with zero attached hydrogens (tertiary/aromatic N) is 4. The van der Waals surface area contributed by atoms with E-state index >= 15 is 0 Å². The molecule has 0 spiro atoms. The molecule has 1 atom stereocenters. The Bertz CT molecular complexity index is 817. The molecule has 118 valence electrons. The number of para-hydroxylation sites is 2. The molecule has 3 heterocycles. The number of rotatable bonds is 2. The predicted molar refractivity (Wildman–Crippen MR) is 88.7 cm³/mol. The molecule has 5 rings (SSSR count). The average Bonchev–Trinajstić information content (AvgIpc) is 3.31. The van der Waals surface area contributed by atoms with Crippen LogP contribution in [0, 0.1) is 0 Å². The van der Waals surface area contributed by atoms with Crippen LogP contribution in [0.3, 0.4) is 0 Å². The lowest BCUT2D eigenvalue weighted by atomic mass is 10.0. The van der Waals surface area contributed by atoms with Crippen LogP contribution in [0.25, 0.3) is 11.1 Å². The van der Waals surface area contributed by atoms with E-state index in [1.165, 1.54) is 30.7 Å². The number of oxazole rings is 1. The number of anilines is 1. The maximum Gasteiger partial charge on any atom is 0.298 e. The zero-order chi connectivity index (χ0) is 15.2. The lowest BCUT2D eigenvalue weighted by Crippen LogP contribution is -2.22. The highest BCUT2D eigenvalue weighted by Crippen LogP contribution is 2.31. The minimum absolute atomic E-state index is 0.486. The van der Waals surface area contributed by atoms with Gasteiger partial charge >= 0.3 is 0 Å². The van der Waals surface area contributed by atoms with E-state index in [0.29, 0.717) is 6.04 Å². The second kappa shape index (κ2) is 5.11. The van der Waals surface area contributed by atoms with Crippen molar-refractivity contribution in [2.75, 3.05) is 18.0 Å². The number of aryl methyl sites for hydroxylation is 1. The standard InChI is InChI=1S/C18H20N4O/c1-3-7-16-14(5-1)19-12-22(16)13-9-10-21(11-13)18-20-15-6-2-4-8-17(15)23-18/h2,4,6,8,12-13H,1,3,5,7,9-11H2/t13-/m1/s1. The summed E-state index contributed by atoms with van der Waals surface area (Å²) in [6.07, 6.45) is 8.07. The normalized spacial score (nSPS) is 21.0. The van der Waals surface area contributed by atoms with Gasteiger partial charge in [0.15, 0.2) is 5.58 Å². The molecule has 3 aromatic rings. The van der Waals surface area contributed by atoms with Crippen molar-refractivity contribution >= 4 is 17.1 Å². The van der Waals surface area contributed by atoms with Crippen molar-refractivity contribution in [3.05, 3.63) is 42.0 Å². The number of imidazole rings is 1. The lowest BCUT2D eigenvalue weighted by molar-refractivity contribution is 0.510. The van der Waals surface area contributed by atoms with Gasteiger partial charge in [-0.15, -0.1) is 0 Å². The summed E-state index contributed by atoms with van der Waals surface area (Å²) in [7, 11) is 0. The Morgan fingerprint density at radius 3 is 3.00 bits per heavy atom. The number of fused-ring (bicyclic) bond motifs is 2. The molecule has 5 heteroatoms. The van der Waals surface area contributed by atoms with E-state index < -0.39 is 0 Å². The van der Waals surface area contributed by atoms with Crippen LogP contribution in [0.15, 0.2) is 35.0 Å². The Balaban J connectivity index is 1.41. The third-order valence-corrected chi connectivity index (χ3v) is 5.17. The Kier molecular flexibility index (Phi) is 2.93. The van der Waals surface area contributed by atoms with Crippen LogP contribution in [0.2, 0.25) is 0 Å². The summed E-state index contributed by atoms with van der Waals surface area (Å²) in [4.78, 5) is 11.5. The minimum Gasteiger partial charge on any atom is -0.423 e. The highest BCUT2D eigenvalue weighted by Gasteiger charge is 2.29. The molecule has 1 saturated heterocycles. The Morgan fingerprint density at radius 2 is 2.04 bits per heavy atom. The van der Waals surface area contributed by atoms with Crippen LogP contribution in [0.4, 0.5) is 6.01 Å². The smallest absolute Gasteiger partial charge is 0.298 e. The number of aromatic nitrogens is 3. The molecule has 2 aliphatic rings. The monoisotopic (exact) mass is 308 g/mol. The van der Waals surface area contributed by atoms with E-state index in [1.54, 1.807) is 0 Å². The largest absolute Gasteiger partial charge is 0.423 e. The Labute approximate surface area is 134 Å². The zero-order valence-corrected chi connectivity index (χ0v) is 13.1. The molecule has 5 nitrogen and oxygen atoms in total. The second-order valence-electron chi connectivity index (χ2n) is 6.61. The first-order valence-corrected chi connectivity index (χ1v) is 8.53. The molecule has 1 aliphatic carbocycles. The van der Waals surface area contributed by atoms with Crippen molar-refractivity contribution in [2.45, 2.75) is 38.1 Å². The molecule has 1 fully saturated rings. The predicted octanol–water partition coefficient (Wildman–Crippen LogP) is 3.35. The summed E-state index contributed by atoms with van der Waals surface area (Å²) in [5.41, 5.74) is 4.58. The molecule has 0 radical (unpaired) electrons. The van der Waals surface area contributed by atoms with Crippen molar-refractivity contribution in [3.8, 4) is 0 Å². The minimum atomic E-state index is 0.486. The topological polar surface area (TPSA) is 47.1 Å². The molecule has 23 heavy (non-hydrogen) atoms. The summed E-state index contributed by atoms with van der Waals surface area (Å²) in [5, 5.41) is 0. The number of hydrogen-bond donors (Lipinski definition) is 0. The molecule has 0 saturated carbocycles.